The zero-order valence-electron chi connectivity index (χ0n) is 8.41. The normalized spacial score (nSPS) is 10.9. The predicted molar refractivity (Wildman–Crippen MR) is 54.8 cm³/mol. The van der Waals surface area contributed by atoms with Gasteiger partial charge in [0.1, 0.15) is 5.75 Å². The number of rotatable bonds is 4. The molecule has 0 spiro atoms. The summed E-state index contributed by atoms with van der Waals surface area (Å²) in [6.45, 7) is 0. The van der Waals surface area contributed by atoms with Crippen LogP contribution in [0.25, 0.3) is 0 Å². The largest absolute Gasteiger partial charge is 0.475 e. The van der Waals surface area contributed by atoms with E-state index in [1.54, 1.807) is 0 Å². The molecule has 6 nitrogen and oxygen atoms in total. The van der Waals surface area contributed by atoms with Crippen molar-refractivity contribution in [2.24, 2.45) is 0 Å². The van der Waals surface area contributed by atoms with Gasteiger partial charge in [-0.05, 0) is 18.2 Å². The summed E-state index contributed by atoms with van der Waals surface area (Å²) in [6, 6.07) is 5.77. The molecule has 0 heterocycles. The standard InChI is InChI=1S/C9H10O6S/c1-14-9(10)7-3-2-4-8(5-7)15-6-16(11,12)13/h2-5H,6H2,1H3,(H,11,12,13). The van der Waals surface area contributed by atoms with Gasteiger partial charge in [-0.1, -0.05) is 6.07 Å². The fourth-order valence-electron chi connectivity index (χ4n) is 0.973. The minimum absolute atomic E-state index is 0.153. The lowest BCUT2D eigenvalue weighted by Gasteiger charge is -2.05. The highest BCUT2D eigenvalue weighted by molar-refractivity contribution is 7.85. The van der Waals surface area contributed by atoms with Crippen molar-refractivity contribution < 1.29 is 27.2 Å². The van der Waals surface area contributed by atoms with Crippen LogP contribution in [0.15, 0.2) is 24.3 Å². The van der Waals surface area contributed by atoms with E-state index < -0.39 is 22.0 Å². The van der Waals surface area contributed by atoms with Crippen molar-refractivity contribution in [3.8, 4) is 5.75 Å². The van der Waals surface area contributed by atoms with Gasteiger partial charge in [0, 0.05) is 0 Å². The molecule has 0 amide bonds. The monoisotopic (exact) mass is 246 g/mol. The smallest absolute Gasteiger partial charge is 0.337 e. The van der Waals surface area contributed by atoms with E-state index in [4.69, 9.17) is 9.29 Å². The van der Waals surface area contributed by atoms with Crippen LogP contribution >= 0.6 is 0 Å². The summed E-state index contributed by atoms with van der Waals surface area (Å²) < 4.78 is 38.5. The minimum Gasteiger partial charge on any atom is -0.475 e. The van der Waals surface area contributed by atoms with Gasteiger partial charge in [0.25, 0.3) is 0 Å². The van der Waals surface area contributed by atoms with Crippen LogP contribution in [0.4, 0.5) is 0 Å². The molecule has 0 aliphatic rings. The Hall–Kier alpha value is -1.60. The lowest BCUT2D eigenvalue weighted by atomic mass is 10.2. The molecule has 0 fully saturated rings. The van der Waals surface area contributed by atoms with Crippen molar-refractivity contribution in [2.75, 3.05) is 13.0 Å². The molecule has 0 aliphatic heterocycles. The number of hydrogen-bond donors (Lipinski definition) is 1. The molecule has 0 radical (unpaired) electrons. The van der Waals surface area contributed by atoms with Crippen LogP contribution in [0, 0.1) is 0 Å². The average Bonchev–Trinajstić information content (AvgIpc) is 2.25. The van der Waals surface area contributed by atoms with Gasteiger partial charge in [0.15, 0.2) is 0 Å². The van der Waals surface area contributed by atoms with Gasteiger partial charge in [0.2, 0.25) is 5.94 Å². The Labute approximate surface area is 92.5 Å². The van der Waals surface area contributed by atoms with Crippen LogP contribution in [0.1, 0.15) is 10.4 Å². The molecular formula is C9H10O6S. The van der Waals surface area contributed by atoms with Crippen molar-refractivity contribution in [1.82, 2.24) is 0 Å². The molecule has 0 aromatic heterocycles. The summed E-state index contributed by atoms with van der Waals surface area (Å²) in [6.07, 6.45) is 0. The van der Waals surface area contributed by atoms with Gasteiger partial charge in [-0.15, -0.1) is 0 Å². The number of carbonyl (C=O) groups excluding carboxylic acids is 1. The highest BCUT2D eigenvalue weighted by Gasteiger charge is 2.08. The second-order valence-electron chi connectivity index (χ2n) is 2.86. The first kappa shape index (κ1) is 12.5. The number of methoxy groups -OCH3 is 1. The molecule has 16 heavy (non-hydrogen) atoms. The average molecular weight is 246 g/mol. The Bertz CT molecular complexity index is 479. The second kappa shape index (κ2) is 4.95. The summed E-state index contributed by atoms with van der Waals surface area (Å²) in [7, 11) is -2.97. The van der Waals surface area contributed by atoms with Crippen LogP contribution in [-0.4, -0.2) is 32.0 Å². The fourth-order valence-corrected chi connectivity index (χ4v) is 1.26. The third-order valence-corrected chi connectivity index (χ3v) is 2.05. The molecule has 0 bridgehead atoms. The molecule has 0 unspecified atom stereocenters. The summed E-state index contributed by atoms with van der Waals surface area (Å²) in [4.78, 5) is 11.1. The summed E-state index contributed by atoms with van der Waals surface area (Å²) in [5.41, 5.74) is 0.232. The van der Waals surface area contributed by atoms with Gasteiger partial charge in [-0.3, -0.25) is 4.55 Å². The first-order valence-corrected chi connectivity index (χ1v) is 5.79. The molecule has 1 rings (SSSR count). The van der Waals surface area contributed by atoms with Crippen LogP contribution in [0.3, 0.4) is 0 Å². The molecule has 1 N–H and O–H groups in total. The molecule has 7 heteroatoms. The molecule has 0 atom stereocenters. The second-order valence-corrected chi connectivity index (χ2v) is 4.26. The van der Waals surface area contributed by atoms with Crippen molar-refractivity contribution >= 4 is 16.1 Å². The zero-order chi connectivity index (χ0) is 12.2. The molecule has 1 aromatic carbocycles. The maximum atomic E-state index is 11.1. The predicted octanol–water partition coefficient (Wildman–Crippen LogP) is 0.697. The Balaban J connectivity index is 2.79. The highest BCUT2D eigenvalue weighted by Crippen LogP contribution is 2.14. The number of esters is 1. The molecule has 1 aromatic rings. The van der Waals surface area contributed by atoms with Crippen molar-refractivity contribution in [2.45, 2.75) is 0 Å². The number of benzene rings is 1. The quantitative estimate of drug-likeness (QED) is 0.621. The van der Waals surface area contributed by atoms with Gasteiger partial charge < -0.3 is 9.47 Å². The first-order chi connectivity index (χ1) is 7.42. The van der Waals surface area contributed by atoms with Crippen LogP contribution in [-0.2, 0) is 14.9 Å². The van der Waals surface area contributed by atoms with Crippen molar-refractivity contribution in [3.05, 3.63) is 29.8 Å². The Kier molecular flexibility index (Phi) is 3.86. The molecule has 0 saturated heterocycles. The van der Waals surface area contributed by atoms with E-state index in [1.165, 1.54) is 31.4 Å². The third-order valence-electron chi connectivity index (χ3n) is 1.63. The lowest BCUT2D eigenvalue weighted by molar-refractivity contribution is 0.0600. The number of carbonyl (C=O) groups is 1. The SMILES string of the molecule is COC(=O)c1cccc(OCS(=O)(=O)O)c1. The van der Waals surface area contributed by atoms with Crippen molar-refractivity contribution in [1.29, 1.82) is 0 Å². The Morgan fingerprint density at radius 1 is 1.44 bits per heavy atom. The first-order valence-electron chi connectivity index (χ1n) is 4.19. The van der Waals surface area contributed by atoms with Gasteiger partial charge in [-0.2, -0.15) is 8.42 Å². The van der Waals surface area contributed by atoms with E-state index in [-0.39, 0.29) is 11.3 Å². The van der Waals surface area contributed by atoms with Gasteiger partial charge in [-0.25, -0.2) is 4.79 Å². The van der Waals surface area contributed by atoms with Gasteiger partial charge >= 0.3 is 16.1 Å². The maximum absolute atomic E-state index is 11.1. The van der Waals surface area contributed by atoms with E-state index >= 15 is 0 Å². The van der Waals surface area contributed by atoms with Gasteiger partial charge in [0.05, 0.1) is 12.7 Å². The Morgan fingerprint density at radius 3 is 2.69 bits per heavy atom. The highest BCUT2D eigenvalue weighted by atomic mass is 32.2. The van der Waals surface area contributed by atoms with E-state index in [2.05, 4.69) is 4.74 Å². The van der Waals surface area contributed by atoms with Crippen LogP contribution < -0.4 is 4.74 Å². The summed E-state index contributed by atoms with van der Waals surface area (Å²) >= 11 is 0. The molecular weight excluding hydrogens is 236 g/mol. The summed E-state index contributed by atoms with van der Waals surface area (Å²) in [5, 5.41) is 0. The maximum Gasteiger partial charge on any atom is 0.337 e. The van der Waals surface area contributed by atoms with Crippen LogP contribution in [0.5, 0.6) is 5.75 Å². The fraction of sp³-hybridized carbons (Fsp3) is 0.222. The topological polar surface area (TPSA) is 89.9 Å². The van der Waals surface area contributed by atoms with E-state index in [0.29, 0.717) is 0 Å². The lowest BCUT2D eigenvalue weighted by Crippen LogP contribution is -2.10. The molecule has 0 aliphatic carbocycles. The minimum atomic E-state index is -4.20. The number of hydrogen-bond acceptors (Lipinski definition) is 5. The molecule has 88 valence electrons. The zero-order valence-corrected chi connectivity index (χ0v) is 9.23. The number of ether oxygens (including phenoxy) is 2. The van der Waals surface area contributed by atoms with Crippen LogP contribution in [0.2, 0.25) is 0 Å². The summed E-state index contributed by atoms with van der Waals surface area (Å²) in [5.74, 6) is -1.27. The van der Waals surface area contributed by atoms with Crippen molar-refractivity contribution in [3.63, 3.8) is 0 Å². The van der Waals surface area contributed by atoms with E-state index in [1.807, 2.05) is 0 Å². The molecule has 0 saturated carbocycles. The van der Waals surface area contributed by atoms with E-state index in [0.717, 1.165) is 0 Å². The third kappa shape index (κ3) is 3.87. The Morgan fingerprint density at radius 2 is 2.12 bits per heavy atom. The van der Waals surface area contributed by atoms with E-state index in [9.17, 15) is 13.2 Å².